The summed E-state index contributed by atoms with van der Waals surface area (Å²) in [5, 5.41) is 2.13. The van der Waals surface area contributed by atoms with Crippen LogP contribution in [0.3, 0.4) is 0 Å². The van der Waals surface area contributed by atoms with E-state index in [9.17, 15) is 19.2 Å². The van der Waals surface area contributed by atoms with Crippen molar-refractivity contribution in [2.45, 2.75) is 31.4 Å². The van der Waals surface area contributed by atoms with Crippen LogP contribution in [0, 0.1) is 0 Å². The Morgan fingerprint density at radius 2 is 1.74 bits per heavy atom. The molecule has 1 fully saturated rings. The predicted molar refractivity (Wildman–Crippen MR) is 141 cm³/mol. The van der Waals surface area contributed by atoms with Gasteiger partial charge >= 0.3 is 11.9 Å². The molecular weight excluding hydrogens is 532 g/mol. The summed E-state index contributed by atoms with van der Waals surface area (Å²) >= 11 is 7.27. The van der Waals surface area contributed by atoms with Crippen molar-refractivity contribution < 1.29 is 33.4 Å². The summed E-state index contributed by atoms with van der Waals surface area (Å²) in [4.78, 5) is 52.4. The molecule has 2 heterocycles. The molecule has 2 aliphatic heterocycles. The smallest absolute Gasteiger partial charge is 0.355 e. The Kier molecular flexibility index (Phi) is 8.75. The molecule has 0 aromatic heterocycles. The number of β-lactam (4-membered cyclic amide) rings is 1. The van der Waals surface area contributed by atoms with Crippen LogP contribution in [-0.2, 0) is 41.7 Å². The molecule has 0 bridgehead atoms. The number of halogens is 1. The van der Waals surface area contributed by atoms with Crippen LogP contribution < -0.4 is 10.1 Å². The number of methoxy groups -OCH3 is 1. The van der Waals surface area contributed by atoms with Crippen molar-refractivity contribution in [3.05, 3.63) is 87.4 Å². The molecule has 2 atom stereocenters. The van der Waals surface area contributed by atoms with Crippen molar-refractivity contribution in [3.8, 4) is 5.75 Å². The van der Waals surface area contributed by atoms with Crippen molar-refractivity contribution in [2.24, 2.45) is 0 Å². The van der Waals surface area contributed by atoms with Crippen LogP contribution in [0.1, 0.15) is 18.1 Å². The summed E-state index contributed by atoms with van der Waals surface area (Å²) in [6, 6.07) is 15.2. The lowest BCUT2D eigenvalue weighted by Crippen LogP contribution is -2.70. The monoisotopic (exact) mass is 556 g/mol. The van der Waals surface area contributed by atoms with E-state index in [1.807, 2.05) is 30.3 Å². The Bertz CT molecular complexity index is 1290. The summed E-state index contributed by atoms with van der Waals surface area (Å²) in [6.07, 6.45) is 0.102. The van der Waals surface area contributed by atoms with Gasteiger partial charge in [0.25, 0.3) is 5.91 Å². The Morgan fingerprint density at radius 3 is 2.37 bits per heavy atom. The van der Waals surface area contributed by atoms with E-state index in [4.69, 9.17) is 25.8 Å². The molecule has 1 N–H and O–H groups in total. The SMILES string of the molecule is COc1ccc(COC(=O)C2=C(COC(C)=O)/C(=C/Cl)S[C@@H]3C(NC(=O)Cc4ccccc4)C(=O)N23)cc1. The normalized spacial score (nSPS) is 19.4. The van der Waals surface area contributed by atoms with Crippen LogP contribution in [0.25, 0.3) is 0 Å². The Labute approximate surface area is 228 Å². The predicted octanol–water partition coefficient (Wildman–Crippen LogP) is 3.28. The van der Waals surface area contributed by atoms with Gasteiger partial charge in [-0.15, -0.1) is 0 Å². The van der Waals surface area contributed by atoms with E-state index in [1.54, 1.807) is 31.4 Å². The van der Waals surface area contributed by atoms with Gasteiger partial charge in [-0.05, 0) is 23.3 Å². The number of amides is 2. The van der Waals surface area contributed by atoms with Gasteiger partial charge < -0.3 is 19.5 Å². The number of rotatable bonds is 9. The number of carbonyl (C=O) groups excluding carboxylic acids is 4. The molecule has 4 rings (SSSR count). The third-order valence-corrected chi connectivity index (χ3v) is 7.57. The average Bonchev–Trinajstić information content (AvgIpc) is 2.93. The number of hydrogen-bond donors (Lipinski definition) is 1. The molecule has 198 valence electrons. The third kappa shape index (κ3) is 6.03. The lowest BCUT2D eigenvalue weighted by molar-refractivity contribution is -0.153. The fourth-order valence-electron chi connectivity index (χ4n) is 3.99. The highest BCUT2D eigenvalue weighted by Gasteiger charge is 2.55. The molecule has 1 saturated heterocycles. The zero-order valence-corrected chi connectivity index (χ0v) is 22.2. The minimum atomic E-state index is -0.873. The molecule has 11 heteroatoms. The van der Waals surface area contributed by atoms with Gasteiger partial charge in [-0.2, -0.15) is 0 Å². The number of nitrogens with zero attached hydrogens (tertiary/aromatic N) is 1. The first-order chi connectivity index (χ1) is 18.3. The lowest BCUT2D eigenvalue weighted by Gasteiger charge is -2.50. The highest BCUT2D eigenvalue weighted by atomic mass is 35.5. The third-order valence-electron chi connectivity index (χ3n) is 5.88. The van der Waals surface area contributed by atoms with Gasteiger partial charge in [0.2, 0.25) is 5.91 Å². The molecule has 0 spiro atoms. The van der Waals surface area contributed by atoms with E-state index < -0.39 is 29.3 Å². The van der Waals surface area contributed by atoms with Gasteiger partial charge in [0, 0.05) is 22.9 Å². The van der Waals surface area contributed by atoms with Crippen LogP contribution in [0.15, 0.2) is 76.3 Å². The van der Waals surface area contributed by atoms with E-state index in [0.29, 0.717) is 16.2 Å². The molecule has 2 amide bonds. The fourth-order valence-corrected chi connectivity index (χ4v) is 5.52. The highest BCUT2D eigenvalue weighted by molar-refractivity contribution is 8.04. The summed E-state index contributed by atoms with van der Waals surface area (Å²) < 4.78 is 15.8. The first-order valence-corrected chi connectivity index (χ1v) is 12.9. The van der Waals surface area contributed by atoms with Crippen LogP contribution in [0.2, 0.25) is 0 Å². The number of fused-ring (bicyclic) bond motifs is 1. The molecule has 2 aliphatic rings. The average molecular weight is 557 g/mol. The molecule has 9 nitrogen and oxygen atoms in total. The lowest BCUT2D eigenvalue weighted by atomic mass is 10.0. The van der Waals surface area contributed by atoms with E-state index >= 15 is 0 Å². The standard InChI is InChI=1S/C27H25ClN2O7S/c1-16(31)36-15-20-21(13-28)38-26-23(29-22(32)12-17-6-4-3-5-7-17)25(33)30(26)24(20)27(34)37-14-18-8-10-19(35-2)11-9-18/h3-11,13,23,26H,12,14-15H2,1-2H3,(H,29,32)/b21-13-/t23?,26-/m1/s1. The second-order valence-corrected chi connectivity index (χ2v) is 9.81. The Hall–Kier alpha value is -3.76. The molecule has 2 aromatic rings. The van der Waals surface area contributed by atoms with Gasteiger partial charge in [0.05, 0.1) is 13.5 Å². The quantitative estimate of drug-likeness (QED) is 0.370. The maximum Gasteiger partial charge on any atom is 0.355 e. The summed E-state index contributed by atoms with van der Waals surface area (Å²) in [6.45, 7) is 0.887. The maximum atomic E-state index is 13.3. The second kappa shape index (κ2) is 12.2. The largest absolute Gasteiger partial charge is 0.497 e. The second-order valence-electron chi connectivity index (χ2n) is 8.43. The Balaban J connectivity index is 1.55. The number of benzene rings is 2. The number of hydrogen-bond acceptors (Lipinski definition) is 8. The first-order valence-electron chi connectivity index (χ1n) is 11.6. The van der Waals surface area contributed by atoms with E-state index in [0.717, 1.165) is 5.56 Å². The summed E-state index contributed by atoms with van der Waals surface area (Å²) in [5.74, 6) is -1.50. The molecule has 38 heavy (non-hydrogen) atoms. The Morgan fingerprint density at radius 1 is 1.03 bits per heavy atom. The van der Waals surface area contributed by atoms with Crippen LogP contribution >= 0.6 is 23.4 Å². The maximum absolute atomic E-state index is 13.3. The van der Waals surface area contributed by atoms with Crippen LogP contribution in [-0.4, -0.2) is 53.8 Å². The van der Waals surface area contributed by atoms with Gasteiger partial charge in [0.15, 0.2) is 0 Å². The zero-order valence-electron chi connectivity index (χ0n) is 20.6. The van der Waals surface area contributed by atoms with Crippen molar-refractivity contribution in [1.82, 2.24) is 10.2 Å². The zero-order chi connectivity index (χ0) is 27.2. The molecular formula is C27H25ClN2O7S. The van der Waals surface area contributed by atoms with Gasteiger partial charge in [-0.3, -0.25) is 19.3 Å². The molecule has 1 unspecified atom stereocenters. The van der Waals surface area contributed by atoms with Crippen molar-refractivity contribution in [1.29, 1.82) is 0 Å². The molecule has 0 saturated carbocycles. The minimum absolute atomic E-state index is 0.0653. The molecule has 2 aromatic carbocycles. The minimum Gasteiger partial charge on any atom is -0.497 e. The number of thioether (sulfide) groups is 1. The van der Waals surface area contributed by atoms with Crippen molar-refractivity contribution >= 4 is 47.1 Å². The first kappa shape index (κ1) is 27.3. The number of ether oxygens (including phenoxy) is 3. The van der Waals surface area contributed by atoms with Gasteiger partial charge in [0.1, 0.15) is 36.1 Å². The fraction of sp³-hybridized carbons (Fsp3) is 0.259. The summed E-state index contributed by atoms with van der Waals surface area (Å²) in [5.41, 5.74) is 2.94. The topological polar surface area (TPSA) is 111 Å². The van der Waals surface area contributed by atoms with Gasteiger partial charge in [-0.25, -0.2) is 4.79 Å². The van der Waals surface area contributed by atoms with Crippen LogP contribution in [0.5, 0.6) is 5.75 Å². The van der Waals surface area contributed by atoms with Crippen LogP contribution in [0.4, 0.5) is 0 Å². The summed E-state index contributed by atoms with van der Waals surface area (Å²) in [7, 11) is 1.55. The van der Waals surface area contributed by atoms with Crippen molar-refractivity contribution in [3.63, 3.8) is 0 Å². The number of nitrogens with one attached hydrogen (secondary N) is 1. The molecule has 0 radical (unpaired) electrons. The molecule has 0 aliphatic carbocycles. The van der Waals surface area contributed by atoms with E-state index in [1.165, 1.54) is 29.1 Å². The van der Waals surface area contributed by atoms with E-state index in [-0.39, 0.29) is 36.8 Å². The number of esters is 2. The van der Waals surface area contributed by atoms with Crippen molar-refractivity contribution in [2.75, 3.05) is 13.7 Å². The highest BCUT2D eigenvalue weighted by Crippen LogP contribution is 2.47. The van der Waals surface area contributed by atoms with Gasteiger partial charge in [-0.1, -0.05) is 65.8 Å². The number of carbonyl (C=O) groups is 4. The van der Waals surface area contributed by atoms with E-state index in [2.05, 4.69) is 5.32 Å².